The zero-order valence-electron chi connectivity index (χ0n) is 14.3. The lowest BCUT2D eigenvalue weighted by molar-refractivity contribution is -0.130. The molecule has 3 atom stereocenters. The lowest BCUT2D eigenvalue weighted by atomic mass is 10.1. The maximum atomic E-state index is 14.5. The summed E-state index contributed by atoms with van der Waals surface area (Å²) in [5, 5.41) is 2.82. The van der Waals surface area contributed by atoms with E-state index in [0.717, 1.165) is 18.4 Å². The third kappa shape index (κ3) is 4.05. The Morgan fingerprint density at radius 2 is 2.08 bits per heavy atom. The van der Waals surface area contributed by atoms with E-state index >= 15 is 0 Å². The number of carbonyl (C=O) groups is 1. The molecule has 2 fully saturated rings. The number of hydrogen-bond donors (Lipinski definition) is 1. The summed E-state index contributed by atoms with van der Waals surface area (Å²) in [5.74, 6) is -0.382. The minimum Gasteiger partial charge on any atom is -0.372 e. The Labute approximate surface area is 142 Å². The first kappa shape index (κ1) is 17.2. The number of ether oxygens (including phenoxy) is 2. The zero-order valence-corrected chi connectivity index (χ0v) is 14.3. The first-order chi connectivity index (χ1) is 11.5. The molecule has 0 aliphatic carbocycles. The van der Waals surface area contributed by atoms with Gasteiger partial charge in [0.1, 0.15) is 11.9 Å². The second kappa shape index (κ2) is 7.49. The van der Waals surface area contributed by atoms with Crippen LogP contribution >= 0.6 is 0 Å². The highest BCUT2D eigenvalue weighted by atomic mass is 19.1. The molecule has 2 saturated heterocycles. The third-order valence-electron chi connectivity index (χ3n) is 4.46. The number of carbonyl (C=O) groups excluding carboxylic acids is 1. The second-order valence-corrected chi connectivity index (χ2v) is 6.67. The fraction of sp³-hybridized carbons (Fsp3) is 0.611. The van der Waals surface area contributed by atoms with Gasteiger partial charge in [0.05, 0.1) is 17.9 Å². The number of halogens is 1. The summed E-state index contributed by atoms with van der Waals surface area (Å²) < 4.78 is 25.5. The van der Waals surface area contributed by atoms with Gasteiger partial charge in [-0.05, 0) is 44.4 Å². The highest BCUT2D eigenvalue weighted by Gasteiger charge is 2.25. The molecule has 1 N–H and O–H groups in total. The summed E-state index contributed by atoms with van der Waals surface area (Å²) in [6.07, 6.45) is 1.48. The predicted octanol–water partition coefficient (Wildman–Crippen LogP) is 2.23. The lowest BCUT2D eigenvalue weighted by Crippen LogP contribution is -2.45. The second-order valence-electron chi connectivity index (χ2n) is 6.67. The average molecular weight is 336 g/mol. The van der Waals surface area contributed by atoms with Gasteiger partial charge < -0.3 is 19.7 Å². The minimum absolute atomic E-state index is 0.0820. The molecule has 0 spiro atoms. The Hall–Kier alpha value is -1.66. The summed E-state index contributed by atoms with van der Waals surface area (Å²) >= 11 is 0. The maximum absolute atomic E-state index is 14.5. The predicted molar refractivity (Wildman–Crippen MR) is 89.4 cm³/mol. The van der Waals surface area contributed by atoms with Gasteiger partial charge in [-0.3, -0.25) is 4.79 Å². The van der Waals surface area contributed by atoms with Crippen molar-refractivity contribution in [1.82, 2.24) is 5.32 Å². The zero-order chi connectivity index (χ0) is 17.1. The molecule has 2 aliphatic heterocycles. The van der Waals surface area contributed by atoms with Crippen molar-refractivity contribution in [2.24, 2.45) is 0 Å². The van der Waals surface area contributed by atoms with Crippen molar-refractivity contribution in [3.8, 4) is 0 Å². The van der Waals surface area contributed by atoms with E-state index in [9.17, 15) is 9.18 Å². The SMILES string of the molecule is CC1CN(c2ccc(CNC(=O)C3CCCO3)cc2F)CC(C)O1. The van der Waals surface area contributed by atoms with E-state index in [1.54, 1.807) is 6.07 Å². The molecule has 0 saturated carbocycles. The van der Waals surface area contributed by atoms with E-state index in [1.165, 1.54) is 6.07 Å². The summed E-state index contributed by atoms with van der Waals surface area (Å²) in [4.78, 5) is 14.0. The molecule has 1 aromatic rings. The Morgan fingerprint density at radius 3 is 2.71 bits per heavy atom. The van der Waals surface area contributed by atoms with Gasteiger partial charge >= 0.3 is 0 Å². The molecule has 2 heterocycles. The largest absolute Gasteiger partial charge is 0.372 e. The Morgan fingerprint density at radius 1 is 1.33 bits per heavy atom. The van der Waals surface area contributed by atoms with Crippen molar-refractivity contribution in [3.63, 3.8) is 0 Å². The van der Waals surface area contributed by atoms with Gasteiger partial charge in [0.15, 0.2) is 0 Å². The number of nitrogens with one attached hydrogen (secondary N) is 1. The molecule has 1 amide bonds. The van der Waals surface area contributed by atoms with Gasteiger partial charge in [-0.1, -0.05) is 6.07 Å². The molecule has 0 aromatic heterocycles. The molecule has 5 nitrogen and oxygen atoms in total. The van der Waals surface area contributed by atoms with Crippen LogP contribution < -0.4 is 10.2 Å². The standard InChI is InChI=1S/C18H25FN2O3/c1-12-10-21(11-13(2)24-12)16-6-5-14(8-15(16)19)9-20-18(22)17-4-3-7-23-17/h5-6,8,12-13,17H,3-4,7,9-11H2,1-2H3,(H,20,22). The fourth-order valence-electron chi connectivity index (χ4n) is 3.38. The molecule has 0 radical (unpaired) electrons. The van der Waals surface area contributed by atoms with E-state index in [-0.39, 0.29) is 30.0 Å². The van der Waals surface area contributed by atoms with Crippen molar-refractivity contribution in [2.45, 2.75) is 51.5 Å². The van der Waals surface area contributed by atoms with Crippen LogP contribution in [0.4, 0.5) is 10.1 Å². The molecule has 2 aliphatic rings. The fourth-order valence-corrected chi connectivity index (χ4v) is 3.38. The molecular formula is C18H25FN2O3. The number of anilines is 1. The quantitative estimate of drug-likeness (QED) is 0.916. The van der Waals surface area contributed by atoms with Crippen LogP contribution in [0.25, 0.3) is 0 Å². The average Bonchev–Trinajstić information content (AvgIpc) is 3.06. The van der Waals surface area contributed by atoms with Crippen LogP contribution in [0.5, 0.6) is 0 Å². The molecule has 1 aromatic carbocycles. The van der Waals surface area contributed by atoms with Crippen molar-refractivity contribution in [3.05, 3.63) is 29.6 Å². The smallest absolute Gasteiger partial charge is 0.249 e. The Bertz CT molecular complexity index is 580. The van der Waals surface area contributed by atoms with E-state index < -0.39 is 0 Å². The van der Waals surface area contributed by atoms with E-state index in [4.69, 9.17) is 9.47 Å². The van der Waals surface area contributed by atoms with Crippen LogP contribution in [0.3, 0.4) is 0 Å². The van der Waals surface area contributed by atoms with Crippen molar-refractivity contribution >= 4 is 11.6 Å². The molecule has 6 heteroatoms. The summed E-state index contributed by atoms with van der Waals surface area (Å²) in [6.45, 7) is 6.29. The number of rotatable bonds is 4. The molecule has 0 bridgehead atoms. The maximum Gasteiger partial charge on any atom is 0.249 e. The summed E-state index contributed by atoms with van der Waals surface area (Å²) in [7, 11) is 0. The number of amides is 1. The summed E-state index contributed by atoms with van der Waals surface area (Å²) in [6, 6.07) is 5.14. The molecule has 24 heavy (non-hydrogen) atoms. The van der Waals surface area contributed by atoms with Crippen LogP contribution in [0.2, 0.25) is 0 Å². The van der Waals surface area contributed by atoms with Gasteiger partial charge in [-0.2, -0.15) is 0 Å². The van der Waals surface area contributed by atoms with E-state index in [2.05, 4.69) is 5.32 Å². The molecular weight excluding hydrogens is 311 g/mol. The van der Waals surface area contributed by atoms with Gasteiger partial charge in [0.25, 0.3) is 0 Å². The molecule has 3 rings (SSSR count). The first-order valence-electron chi connectivity index (χ1n) is 8.61. The normalized spacial score (nSPS) is 27.3. The highest BCUT2D eigenvalue weighted by molar-refractivity contribution is 5.80. The Kier molecular flexibility index (Phi) is 5.36. The van der Waals surface area contributed by atoms with Crippen LogP contribution in [0, 0.1) is 5.82 Å². The van der Waals surface area contributed by atoms with Crippen molar-refractivity contribution in [1.29, 1.82) is 0 Å². The molecule has 132 valence electrons. The monoisotopic (exact) mass is 336 g/mol. The van der Waals surface area contributed by atoms with Crippen molar-refractivity contribution in [2.75, 3.05) is 24.6 Å². The number of nitrogens with zero attached hydrogens (tertiary/aromatic N) is 1. The number of benzene rings is 1. The Balaban J connectivity index is 1.61. The third-order valence-corrected chi connectivity index (χ3v) is 4.46. The summed E-state index contributed by atoms with van der Waals surface area (Å²) in [5.41, 5.74) is 1.34. The van der Waals surface area contributed by atoms with Crippen LogP contribution in [-0.4, -0.2) is 43.9 Å². The van der Waals surface area contributed by atoms with Crippen LogP contribution in [0.1, 0.15) is 32.3 Å². The van der Waals surface area contributed by atoms with Crippen LogP contribution in [0.15, 0.2) is 18.2 Å². The topological polar surface area (TPSA) is 50.8 Å². The van der Waals surface area contributed by atoms with E-state index in [0.29, 0.717) is 31.9 Å². The minimum atomic E-state index is -0.356. The lowest BCUT2D eigenvalue weighted by Gasteiger charge is -2.37. The number of morpholine rings is 1. The highest BCUT2D eigenvalue weighted by Crippen LogP contribution is 2.24. The van der Waals surface area contributed by atoms with Gasteiger partial charge in [-0.15, -0.1) is 0 Å². The number of hydrogen-bond acceptors (Lipinski definition) is 4. The van der Waals surface area contributed by atoms with Gasteiger partial charge in [-0.25, -0.2) is 4.39 Å². The van der Waals surface area contributed by atoms with Crippen LogP contribution in [-0.2, 0) is 20.8 Å². The first-order valence-corrected chi connectivity index (χ1v) is 8.61. The van der Waals surface area contributed by atoms with Crippen molar-refractivity contribution < 1.29 is 18.7 Å². The molecule has 3 unspecified atom stereocenters. The van der Waals surface area contributed by atoms with Gasteiger partial charge in [0.2, 0.25) is 5.91 Å². The van der Waals surface area contributed by atoms with E-state index in [1.807, 2.05) is 24.8 Å². The van der Waals surface area contributed by atoms with Gasteiger partial charge in [0, 0.05) is 26.2 Å².